The summed E-state index contributed by atoms with van der Waals surface area (Å²) in [7, 11) is -2.70. The number of nitrogens with zero attached hydrogens (tertiary/aromatic N) is 2. The van der Waals surface area contributed by atoms with Crippen LogP contribution >= 0.6 is 0 Å². The Balaban J connectivity index is 0.000000718. The van der Waals surface area contributed by atoms with Crippen molar-refractivity contribution < 1.29 is 37.4 Å². The standard InChI is InChI=1S/C20H28N2O5.CH2N2O3S/c1-3-27-20(26)16(12-11-15-8-5-4-6-9-15)21-14(2)18(23)22-13-7-10-17(22)19(24)25;2-1(4)3-7(5)6/h4-6,8-9,14,16-17,21H,3,7,10-13H2,1-2H3,(H,24,25);(H2,2,4)/t14?,16?,17-;/m0./s1. The lowest BCUT2D eigenvalue weighted by atomic mass is 10.0. The molecule has 3 atom stereocenters. The van der Waals surface area contributed by atoms with Gasteiger partial charge in [0, 0.05) is 6.54 Å². The number of hydrogen-bond donors (Lipinski definition) is 3. The molecule has 34 heavy (non-hydrogen) atoms. The third-order valence-corrected chi connectivity index (χ3v) is 5.27. The van der Waals surface area contributed by atoms with Gasteiger partial charge in [0.05, 0.1) is 12.6 Å². The van der Waals surface area contributed by atoms with E-state index in [1.54, 1.807) is 13.8 Å². The summed E-state index contributed by atoms with van der Waals surface area (Å²) in [4.78, 5) is 47.2. The minimum Gasteiger partial charge on any atom is -0.480 e. The molecule has 0 bridgehead atoms. The van der Waals surface area contributed by atoms with Crippen LogP contribution in [0, 0.1) is 0 Å². The van der Waals surface area contributed by atoms with Gasteiger partial charge >= 0.3 is 28.5 Å². The van der Waals surface area contributed by atoms with E-state index in [0.29, 0.717) is 32.2 Å². The Morgan fingerprint density at radius 3 is 2.41 bits per heavy atom. The van der Waals surface area contributed by atoms with Crippen molar-refractivity contribution in [3.63, 3.8) is 0 Å². The van der Waals surface area contributed by atoms with Crippen LogP contribution in [-0.4, -0.2) is 73.6 Å². The second kappa shape index (κ2) is 14.8. The minimum absolute atomic E-state index is 0.262. The first-order chi connectivity index (χ1) is 16.1. The van der Waals surface area contributed by atoms with E-state index in [2.05, 4.69) is 15.4 Å². The summed E-state index contributed by atoms with van der Waals surface area (Å²) < 4.78 is 26.2. The van der Waals surface area contributed by atoms with E-state index in [9.17, 15) is 32.7 Å². The molecule has 0 spiro atoms. The molecule has 1 aromatic rings. The molecule has 188 valence electrons. The molecule has 0 aliphatic carbocycles. The molecule has 1 heterocycles. The topological polar surface area (TPSA) is 186 Å². The molecular formula is C21H30N4O8S. The molecule has 4 N–H and O–H groups in total. The van der Waals surface area contributed by atoms with Crippen LogP contribution in [0.4, 0.5) is 4.79 Å². The number of hydrogen-bond acceptors (Lipinski definition) is 8. The summed E-state index contributed by atoms with van der Waals surface area (Å²) in [5.74, 6) is -1.68. The van der Waals surface area contributed by atoms with Crippen LogP contribution in [0.1, 0.15) is 38.7 Å². The van der Waals surface area contributed by atoms with E-state index in [0.717, 1.165) is 5.56 Å². The number of nitrogens with one attached hydrogen (secondary N) is 1. The van der Waals surface area contributed by atoms with Gasteiger partial charge in [-0.05, 0) is 45.1 Å². The predicted molar refractivity (Wildman–Crippen MR) is 121 cm³/mol. The summed E-state index contributed by atoms with van der Waals surface area (Å²) in [5.41, 5.74) is 5.39. The van der Waals surface area contributed by atoms with Crippen LogP contribution in [0.5, 0.6) is 0 Å². The van der Waals surface area contributed by atoms with Crippen molar-refractivity contribution in [1.82, 2.24) is 10.2 Å². The van der Waals surface area contributed by atoms with E-state index in [1.807, 2.05) is 30.3 Å². The Kier molecular flexibility index (Phi) is 12.5. The zero-order valence-corrected chi connectivity index (χ0v) is 19.9. The Morgan fingerprint density at radius 1 is 1.26 bits per heavy atom. The highest BCUT2D eigenvalue weighted by atomic mass is 32.2. The molecule has 12 nitrogen and oxygen atoms in total. The van der Waals surface area contributed by atoms with Gasteiger partial charge in [-0.15, -0.1) is 0 Å². The molecular weight excluding hydrogens is 468 g/mol. The number of urea groups is 1. The number of carboxylic acids is 1. The lowest BCUT2D eigenvalue weighted by Gasteiger charge is -2.27. The van der Waals surface area contributed by atoms with E-state index in [4.69, 9.17) is 4.74 Å². The highest BCUT2D eigenvalue weighted by Crippen LogP contribution is 2.19. The highest BCUT2D eigenvalue weighted by Gasteiger charge is 2.36. The normalized spacial score (nSPS) is 16.4. The second-order valence-corrected chi connectivity index (χ2v) is 8.01. The third kappa shape index (κ3) is 10.1. The maximum Gasteiger partial charge on any atom is 0.353 e. The first-order valence-corrected chi connectivity index (χ1v) is 11.7. The maximum atomic E-state index is 12.7. The van der Waals surface area contributed by atoms with Gasteiger partial charge < -0.3 is 20.5 Å². The molecule has 1 aliphatic rings. The van der Waals surface area contributed by atoms with Crippen LogP contribution in [0.3, 0.4) is 0 Å². The van der Waals surface area contributed by atoms with Crippen molar-refractivity contribution in [2.45, 2.75) is 57.7 Å². The number of carboxylic acid groups (broad SMARTS) is 1. The van der Waals surface area contributed by atoms with Crippen molar-refractivity contribution in [3.8, 4) is 0 Å². The minimum atomic E-state index is -2.70. The number of rotatable bonds is 9. The molecule has 1 aliphatic heterocycles. The monoisotopic (exact) mass is 498 g/mol. The first kappa shape index (κ1) is 28.7. The summed E-state index contributed by atoms with van der Waals surface area (Å²) in [6.07, 6.45) is 2.29. The molecule has 2 unspecified atom stereocenters. The quantitative estimate of drug-likeness (QED) is 0.413. The number of esters is 1. The summed E-state index contributed by atoms with van der Waals surface area (Å²) >= 11 is 0. The molecule has 1 saturated heterocycles. The van der Waals surface area contributed by atoms with Crippen molar-refractivity contribution in [1.29, 1.82) is 0 Å². The first-order valence-electron chi connectivity index (χ1n) is 10.7. The highest BCUT2D eigenvalue weighted by molar-refractivity contribution is 7.62. The van der Waals surface area contributed by atoms with Gasteiger partial charge in [0.15, 0.2) is 0 Å². The Hall–Kier alpha value is -3.32. The van der Waals surface area contributed by atoms with E-state index < -0.39 is 46.6 Å². The van der Waals surface area contributed by atoms with Crippen LogP contribution in [-0.2, 0) is 36.0 Å². The van der Waals surface area contributed by atoms with E-state index in [1.165, 1.54) is 4.90 Å². The van der Waals surface area contributed by atoms with Crippen molar-refractivity contribution >= 4 is 34.4 Å². The summed E-state index contributed by atoms with van der Waals surface area (Å²) in [6, 6.07) is 6.49. The fourth-order valence-electron chi connectivity index (χ4n) is 3.45. The van der Waals surface area contributed by atoms with Gasteiger partial charge in [0.25, 0.3) is 0 Å². The Bertz CT molecular complexity index is 976. The van der Waals surface area contributed by atoms with Gasteiger partial charge in [-0.1, -0.05) is 34.7 Å². The number of primary amides is 1. The molecule has 2 rings (SSSR count). The number of carbonyl (C=O) groups excluding carboxylic acids is 3. The molecule has 1 fully saturated rings. The fourth-order valence-corrected chi connectivity index (χ4v) is 3.60. The van der Waals surface area contributed by atoms with Crippen LogP contribution < -0.4 is 11.1 Å². The molecule has 0 radical (unpaired) electrons. The molecule has 1 aromatic carbocycles. The van der Waals surface area contributed by atoms with Gasteiger partial charge in [0.2, 0.25) is 5.91 Å². The summed E-state index contributed by atoms with van der Waals surface area (Å²) in [5, 5.41) is 12.3. The largest absolute Gasteiger partial charge is 0.480 e. The number of aliphatic carboxylic acids is 1. The zero-order valence-electron chi connectivity index (χ0n) is 19.0. The smallest absolute Gasteiger partial charge is 0.353 e. The van der Waals surface area contributed by atoms with Gasteiger partial charge in [-0.3, -0.25) is 14.9 Å². The number of amides is 3. The molecule has 13 heteroatoms. The number of likely N-dealkylation sites (tertiary alicyclic amines) is 1. The average molecular weight is 499 g/mol. The molecule has 0 saturated carbocycles. The SMILES string of the molecule is CCOC(=O)C(CCc1ccccc1)NC(C)C(=O)N1CCC[C@H]1C(=O)O.NC(=O)N=S(=O)=O. The second-order valence-electron chi connectivity index (χ2n) is 7.39. The van der Waals surface area contributed by atoms with E-state index >= 15 is 0 Å². The summed E-state index contributed by atoms with van der Waals surface area (Å²) in [6.45, 7) is 4.09. The fraction of sp³-hybridized carbons (Fsp3) is 0.524. The van der Waals surface area contributed by atoms with Gasteiger partial charge in [-0.25, -0.2) is 9.59 Å². The number of aryl methyl sites for hydroxylation is 1. The van der Waals surface area contributed by atoms with Gasteiger partial charge in [0.1, 0.15) is 12.1 Å². The maximum absolute atomic E-state index is 12.7. The van der Waals surface area contributed by atoms with Crippen molar-refractivity contribution in [3.05, 3.63) is 35.9 Å². The van der Waals surface area contributed by atoms with E-state index in [-0.39, 0.29) is 12.5 Å². The number of ether oxygens (including phenoxy) is 1. The van der Waals surface area contributed by atoms with Crippen LogP contribution in [0.2, 0.25) is 0 Å². The molecule has 0 aromatic heterocycles. The van der Waals surface area contributed by atoms with Crippen molar-refractivity contribution in [2.24, 2.45) is 10.1 Å². The van der Waals surface area contributed by atoms with Crippen molar-refractivity contribution in [2.75, 3.05) is 13.2 Å². The number of benzene rings is 1. The van der Waals surface area contributed by atoms with Crippen LogP contribution in [0.25, 0.3) is 0 Å². The predicted octanol–water partition coefficient (Wildman–Crippen LogP) is 0.732. The lowest BCUT2D eigenvalue weighted by molar-refractivity contribution is -0.150. The zero-order chi connectivity index (χ0) is 25.7. The Morgan fingerprint density at radius 2 is 1.91 bits per heavy atom. The number of nitrogens with two attached hydrogens (primary N) is 1. The Labute approximate surface area is 199 Å². The van der Waals surface area contributed by atoms with Gasteiger partial charge in [-0.2, -0.15) is 8.42 Å². The average Bonchev–Trinajstić information content (AvgIpc) is 3.26. The lowest BCUT2D eigenvalue weighted by Crippen LogP contribution is -2.53. The van der Waals surface area contributed by atoms with Crippen LogP contribution in [0.15, 0.2) is 34.7 Å². The molecule has 3 amide bonds. The number of carbonyl (C=O) groups is 4. The third-order valence-electron chi connectivity index (χ3n) is 4.94.